The van der Waals surface area contributed by atoms with Crippen LogP contribution in [0.1, 0.15) is 37.7 Å². The van der Waals surface area contributed by atoms with Crippen LogP contribution >= 0.6 is 0 Å². The number of nitrogens with one attached hydrogen (secondary N) is 1. The summed E-state index contributed by atoms with van der Waals surface area (Å²) >= 11 is 0. The molecule has 0 radical (unpaired) electrons. The summed E-state index contributed by atoms with van der Waals surface area (Å²) in [5.74, 6) is 0. The van der Waals surface area contributed by atoms with Gasteiger partial charge in [-0.25, -0.2) is 0 Å². The van der Waals surface area contributed by atoms with Crippen molar-refractivity contribution in [1.29, 1.82) is 0 Å². The zero-order chi connectivity index (χ0) is 14.1. The Morgan fingerprint density at radius 3 is 2.43 bits per heavy atom. The lowest BCUT2D eigenvalue weighted by Gasteiger charge is -2.40. The van der Waals surface area contributed by atoms with Crippen LogP contribution in [0.5, 0.6) is 0 Å². The third kappa shape index (κ3) is 2.51. The van der Waals surface area contributed by atoms with Gasteiger partial charge in [0.05, 0.1) is 0 Å². The first-order valence-corrected chi connectivity index (χ1v) is 8.24. The van der Waals surface area contributed by atoms with Gasteiger partial charge in [0.25, 0.3) is 0 Å². The van der Waals surface area contributed by atoms with E-state index in [1.165, 1.54) is 61.5 Å². The van der Waals surface area contributed by atoms with Crippen LogP contribution in [0.3, 0.4) is 0 Å². The predicted octanol–water partition coefficient (Wildman–Crippen LogP) is 4.78. The van der Waals surface area contributed by atoms with E-state index >= 15 is 0 Å². The molecule has 1 saturated heterocycles. The van der Waals surface area contributed by atoms with Gasteiger partial charge in [-0.1, -0.05) is 42.5 Å². The number of rotatable bonds is 1. The Hall–Kier alpha value is -1.60. The number of piperidine rings is 1. The van der Waals surface area contributed by atoms with Gasteiger partial charge in [0.2, 0.25) is 0 Å². The van der Waals surface area contributed by atoms with Crippen LogP contribution in [-0.2, 0) is 0 Å². The summed E-state index contributed by atoms with van der Waals surface area (Å²) in [6.07, 6.45) is 9.13. The molecule has 1 aliphatic carbocycles. The van der Waals surface area contributed by atoms with Crippen LogP contribution in [0.15, 0.2) is 48.5 Å². The second-order valence-electron chi connectivity index (χ2n) is 6.75. The second kappa shape index (κ2) is 5.31. The van der Waals surface area contributed by atoms with Gasteiger partial charge < -0.3 is 5.32 Å². The molecule has 0 aromatic heterocycles. The van der Waals surface area contributed by atoms with Crippen molar-refractivity contribution in [2.75, 3.05) is 13.1 Å². The molecule has 0 bridgehead atoms. The Labute approximate surface area is 127 Å². The molecular formula is C20H23N. The molecule has 21 heavy (non-hydrogen) atoms. The highest BCUT2D eigenvalue weighted by molar-refractivity contribution is 5.86. The summed E-state index contributed by atoms with van der Waals surface area (Å²) in [6.45, 7) is 2.41. The largest absolute Gasteiger partial charge is 0.317 e. The standard InChI is InChI=1S/C20H23N/c1-2-4-18-15-19(6-5-16(18)3-1)17-7-9-20(10-8-17)11-13-21-14-12-20/h1-7,15,21H,8-14H2. The van der Waals surface area contributed by atoms with Crippen LogP contribution in [0, 0.1) is 5.41 Å². The molecule has 4 rings (SSSR count). The van der Waals surface area contributed by atoms with Crippen LogP contribution in [0.2, 0.25) is 0 Å². The first-order chi connectivity index (χ1) is 10.3. The van der Waals surface area contributed by atoms with E-state index in [1.54, 1.807) is 5.57 Å². The normalized spacial score (nSPS) is 21.4. The number of benzene rings is 2. The van der Waals surface area contributed by atoms with Crippen LogP contribution in [0.25, 0.3) is 16.3 Å². The van der Waals surface area contributed by atoms with Crippen LogP contribution in [0.4, 0.5) is 0 Å². The lowest BCUT2D eigenvalue weighted by molar-refractivity contribution is 0.184. The van der Waals surface area contributed by atoms with Gasteiger partial charge in [-0.2, -0.15) is 0 Å². The molecule has 1 spiro atoms. The predicted molar refractivity (Wildman–Crippen MR) is 90.3 cm³/mol. The average Bonchev–Trinajstić information content (AvgIpc) is 2.56. The summed E-state index contributed by atoms with van der Waals surface area (Å²) in [7, 11) is 0. The first-order valence-electron chi connectivity index (χ1n) is 8.24. The number of fused-ring (bicyclic) bond motifs is 1. The third-order valence-electron chi connectivity index (χ3n) is 5.49. The Kier molecular flexibility index (Phi) is 3.31. The lowest BCUT2D eigenvalue weighted by atomic mass is 9.68. The Balaban J connectivity index is 1.61. The highest BCUT2D eigenvalue weighted by Crippen LogP contribution is 2.44. The molecule has 1 heteroatoms. The quantitative estimate of drug-likeness (QED) is 0.791. The minimum absolute atomic E-state index is 0.603. The Bertz CT molecular complexity index is 677. The van der Waals surface area contributed by atoms with Crippen molar-refractivity contribution in [1.82, 2.24) is 5.32 Å². The average molecular weight is 277 g/mol. The number of hydrogen-bond donors (Lipinski definition) is 1. The molecule has 108 valence electrons. The highest BCUT2D eigenvalue weighted by Gasteiger charge is 2.33. The summed E-state index contributed by atoms with van der Waals surface area (Å²) in [5, 5.41) is 6.20. The summed E-state index contributed by atoms with van der Waals surface area (Å²) in [6, 6.07) is 15.6. The van der Waals surface area contributed by atoms with E-state index < -0.39 is 0 Å². The molecule has 0 saturated carbocycles. The molecule has 0 unspecified atom stereocenters. The van der Waals surface area contributed by atoms with Crippen molar-refractivity contribution in [2.24, 2.45) is 5.41 Å². The zero-order valence-electron chi connectivity index (χ0n) is 12.6. The van der Waals surface area contributed by atoms with Gasteiger partial charge in [0.15, 0.2) is 0 Å². The minimum atomic E-state index is 0.603. The van der Waals surface area contributed by atoms with E-state index in [2.05, 4.69) is 53.9 Å². The maximum atomic E-state index is 3.50. The van der Waals surface area contributed by atoms with Gasteiger partial charge >= 0.3 is 0 Å². The zero-order valence-corrected chi connectivity index (χ0v) is 12.6. The molecule has 2 aromatic rings. The van der Waals surface area contributed by atoms with E-state index in [9.17, 15) is 0 Å². The van der Waals surface area contributed by atoms with Gasteiger partial charge in [0, 0.05) is 0 Å². The van der Waals surface area contributed by atoms with Gasteiger partial charge in [-0.05, 0) is 78.6 Å². The van der Waals surface area contributed by atoms with E-state index in [4.69, 9.17) is 0 Å². The smallest absolute Gasteiger partial charge is 0.00435 e. The maximum Gasteiger partial charge on any atom is -0.00435 e. The van der Waals surface area contributed by atoms with Gasteiger partial charge in [-0.3, -0.25) is 0 Å². The Morgan fingerprint density at radius 1 is 0.857 bits per heavy atom. The molecule has 2 aliphatic rings. The monoisotopic (exact) mass is 277 g/mol. The summed E-state index contributed by atoms with van der Waals surface area (Å²) in [5.41, 5.74) is 3.59. The fourth-order valence-corrected chi connectivity index (χ4v) is 4.01. The number of hydrogen-bond acceptors (Lipinski definition) is 1. The molecule has 0 amide bonds. The van der Waals surface area contributed by atoms with Crippen LogP contribution in [-0.4, -0.2) is 13.1 Å². The van der Waals surface area contributed by atoms with E-state index in [-0.39, 0.29) is 0 Å². The summed E-state index contributed by atoms with van der Waals surface area (Å²) < 4.78 is 0. The molecule has 2 aromatic carbocycles. The second-order valence-corrected chi connectivity index (χ2v) is 6.75. The highest BCUT2D eigenvalue weighted by atomic mass is 14.9. The topological polar surface area (TPSA) is 12.0 Å². The van der Waals surface area contributed by atoms with Crippen molar-refractivity contribution in [2.45, 2.75) is 32.1 Å². The lowest BCUT2D eigenvalue weighted by Crippen LogP contribution is -2.37. The molecule has 1 fully saturated rings. The fourth-order valence-electron chi connectivity index (χ4n) is 4.01. The van der Waals surface area contributed by atoms with Gasteiger partial charge in [-0.15, -0.1) is 0 Å². The molecule has 1 N–H and O–H groups in total. The SMILES string of the molecule is C1=C(c2ccc3ccccc3c2)CCC2(C1)CCNCC2. The van der Waals surface area contributed by atoms with Crippen molar-refractivity contribution in [3.63, 3.8) is 0 Å². The molecule has 0 atom stereocenters. The molecule has 1 heterocycles. The van der Waals surface area contributed by atoms with Crippen molar-refractivity contribution < 1.29 is 0 Å². The first kappa shape index (κ1) is 13.1. The van der Waals surface area contributed by atoms with Gasteiger partial charge in [0.1, 0.15) is 0 Å². The van der Waals surface area contributed by atoms with Crippen molar-refractivity contribution >= 4 is 16.3 Å². The Morgan fingerprint density at radius 2 is 1.67 bits per heavy atom. The van der Waals surface area contributed by atoms with Crippen molar-refractivity contribution in [3.05, 3.63) is 54.1 Å². The van der Waals surface area contributed by atoms with Crippen LogP contribution < -0.4 is 5.32 Å². The van der Waals surface area contributed by atoms with Crippen molar-refractivity contribution in [3.8, 4) is 0 Å². The molecular weight excluding hydrogens is 254 g/mol. The summed E-state index contributed by atoms with van der Waals surface area (Å²) in [4.78, 5) is 0. The molecule has 1 nitrogen and oxygen atoms in total. The van der Waals surface area contributed by atoms with E-state index in [0.29, 0.717) is 5.41 Å². The van der Waals surface area contributed by atoms with E-state index in [0.717, 1.165) is 0 Å². The molecule has 1 aliphatic heterocycles. The minimum Gasteiger partial charge on any atom is -0.317 e. The maximum absolute atomic E-state index is 3.50. The fraction of sp³-hybridized carbons (Fsp3) is 0.400. The van der Waals surface area contributed by atoms with E-state index in [1.807, 2.05) is 0 Å². The number of allylic oxidation sites excluding steroid dienone is 2. The third-order valence-corrected chi connectivity index (χ3v) is 5.49.